The molecular weight excluding hydrogens is 345 g/mol. The molecule has 0 radical (unpaired) electrons. The van der Waals surface area contributed by atoms with Crippen LogP contribution in [0.3, 0.4) is 0 Å². The molecule has 2 N–H and O–H groups in total. The van der Waals surface area contributed by atoms with Crippen molar-refractivity contribution in [2.45, 2.75) is 0 Å². The Hall–Kier alpha value is -2.56. The van der Waals surface area contributed by atoms with Gasteiger partial charge in [0.2, 0.25) is 5.71 Å². The van der Waals surface area contributed by atoms with Crippen LogP contribution in [0.4, 0.5) is 5.69 Å². The summed E-state index contributed by atoms with van der Waals surface area (Å²) in [5.41, 5.74) is 8.47. The first-order valence-corrected chi connectivity index (χ1v) is 7.95. The monoisotopic (exact) mass is 355 g/mol. The minimum Gasteiger partial charge on any atom is -0.435 e. The van der Waals surface area contributed by atoms with Crippen LogP contribution in [0.25, 0.3) is 33.8 Å². The lowest BCUT2D eigenvalue weighted by molar-refractivity contribution is 0.619. The highest BCUT2D eigenvalue weighted by atomic mass is 35.5. The van der Waals surface area contributed by atoms with Gasteiger partial charge in [-0.25, -0.2) is 4.98 Å². The molecule has 0 bridgehead atoms. The predicted molar refractivity (Wildman–Crippen MR) is 97.1 cm³/mol. The smallest absolute Gasteiger partial charge is 0.232 e. The fraction of sp³-hybridized carbons (Fsp3) is 0. The lowest BCUT2D eigenvalue weighted by Gasteiger charge is -2.04. The van der Waals surface area contributed by atoms with Gasteiger partial charge in [-0.15, -0.1) is 0 Å². The molecule has 2 aromatic carbocycles. The number of nitrogens with two attached hydrogens (primary N) is 1. The lowest BCUT2D eigenvalue weighted by atomic mass is 10.1. The normalized spacial score (nSPS) is 11.1. The van der Waals surface area contributed by atoms with E-state index in [0.29, 0.717) is 44.0 Å². The summed E-state index contributed by atoms with van der Waals surface area (Å²) in [5, 5.41) is 1.55. The molecule has 0 saturated heterocycles. The van der Waals surface area contributed by atoms with Crippen molar-refractivity contribution in [1.82, 2.24) is 9.97 Å². The summed E-state index contributed by atoms with van der Waals surface area (Å²) in [5.74, 6) is 0.966. The predicted octanol–water partition coefficient (Wildman–Crippen LogP) is 5.45. The molecule has 0 spiro atoms. The van der Waals surface area contributed by atoms with Gasteiger partial charge in [0.05, 0.1) is 26.7 Å². The quantitative estimate of drug-likeness (QED) is 0.519. The summed E-state index contributed by atoms with van der Waals surface area (Å²) in [7, 11) is 0. The maximum atomic E-state index is 6.25. The number of nitrogen functional groups attached to an aromatic ring is 1. The van der Waals surface area contributed by atoms with Crippen LogP contribution < -0.4 is 5.73 Å². The maximum Gasteiger partial charge on any atom is 0.232 e. The number of furan rings is 1. The first-order valence-electron chi connectivity index (χ1n) is 7.20. The van der Waals surface area contributed by atoms with E-state index in [-0.39, 0.29) is 0 Å². The van der Waals surface area contributed by atoms with Crippen LogP contribution in [0.15, 0.2) is 59.1 Å². The van der Waals surface area contributed by atoms with Crippen molar-refractivity contribution in [2.75, 3.05) is 5.73 Å². The Morgan fingerprint density at radius 3 is 2.33 bits per heavy atom. The molecule has 4 nitrogen and oxygen atoms in total. The zero-order chi connectivity index (χ0) is 16.7. The van der Waals surface area contributed by atoms with E-state index in [1.807, 2.05) is 30.3 Å². The molecule has 0 amide bonds. The molecule has 118 valence electrons. The van der Waals surface area contributed by atoms with Crippen LogP contribution in [0.5, 0.6) is 0 Å². The molecule has 2 aromatic heterocycles. The van der Waals surface area contributed by atoms with Crippen LogP contribution in [0.2, 0.25) is 10.0 Å². The second-order valence-electron chi connectivity index (χ2n) is 5.22. The number of hydrogen-bond donors (Lipinski definition) is 1. The fourth-order valence-corrected chi connectivity index (χ4v) is 3.10. The van der Waals surface area contributed by atoms with Crippen LogP contribution >= 0.6 is 23.2 Å². The topological polar surface area (TPSA) is 64.9 Å². The summed E-state index contributed by atoms with van der Waals surface area (Å²) in [6.45, 7) is 0. The van der Waals surface area contributed by atoms with Crippen molar-refractivity contribution in [1.29, 1.82) is 0 Å². The van der Waals surface area contributed by atoms with E-state index < -0.39 is 0 Å². The van der Waals surface area contributed by atoms with Gasteiger partial charge < -0.3 is 10.2 Å². The van der Waals surface area contributed by atoms with Crippen molar-refractivity contribution in [2.24, 2.45) is 0 Å². The first kappa shape index (κ1) is 15.0. The van der Waals surface area contributed by atoms with E-state index in [0.717, 1.165) is 5.56 Å². The Bertz CT molecular complexity index is 1020. The molecular formula is C18H11Cl2N3O. The maximum absolute atomic E-state index is 6.25. The van der Waals surface area contributed by atoms with E-state index in [2.05, 4.69) is 9.97 Å². The zero-order valence-electron chi connectivity index (χ0n) is 12.3. The van der Waals surface area contributed by atoms with E-state index in [9.17, 15) is 0 Å². The first-order chi connectivity index (χ1) is 11.6. The second-order valence-corrected chi connectivity index (χ2v) is 6.03. The van der Waals surface area contributed by atoms with Gasteiger partial charge in [0.15, 0.2) is 11.6 Å². The summed E-state index contributed by atoms with van der Waals surface area (Å²) in [6, 6.07) is 14.9. The van der Waals surface area contributed by atoms with E-state index in [1.54, 1.807) is 24.4 Å². The summed E-state index contributed by atoms with van der Waals surface area (Å²) in [4.78, 5) is 8.84. The van der Waals surface area contributed by atoms with Gasteiger partial charge in [0.25, 0.3) is 0 Å². The van der Waals surface area contributed by atoms with Gasteiger partial charge in [-0.3, -0.25) is 0 Å². The fourth-order valence-electron chi connectivity index (χ4n) is 2.53. The Morgan fingerprint density at radius 1 is 0.917 bits per heavy atom. The Morgan fingerprint density at radius 2 is 1.62 bits per heavy atom. The molecule has 0 saturated carbocycles. The van der Waals surface area contributed by atoms with Crippen molar-refractivity contribution < 1.29 is 4.42 Å². The van der Waals surface area contributed by atoms with E-state index in [4.69, 9.17) is 33.4 Å². The third kappa shape index (κ3) is 2.40. The van der Waals surface area contributed by atoms with Gasteiger partial charge in [-0.05, 0) is 12.1 Å². The van der Waals surface area contributed by atoms with Crippen molar-refractivity contribution in [3.05, 3.63) is 64.8 Å². The highest BCUT2D eigenvalue weighted by Gasteiger charge is 2.20. The molecule has 0 aliphatic heterocycles. The molecule has 24 heavy (non-hydrogen) atoms. The van der Waals surface area contributed by atoms with Crippen molar-refractivity contribution in [3.8, 4) is 22.7 Å². The summed E-state index contributed by atoms with van der Waals surface area (Å²) < 4.78 is 5.86. The number of benzene rings is 2. The number of anilines is 1. The second kappa shape index (κ2) is 5.82. The summed E-state index contributed by atoms with van der Waals surface area (Å²) in [6.07, 6.45) is 1.65. The third-order valence-electron chi connectivity index (χ3n) is 3.71. The van der Waals surface area contributed by atoms with Crippen molar-refractivity contribution >= 4 is 40.0 Å². The zero-order valence-corrected chi connectivity index (χ0v) is 13.8. The molecule has 0 unspecified atom stereocenters. The van der Waals surface area contributed by atoms with Crippen LogP contribution in [0, 0.1) is 0 Å². The van der Waals surface area contributed by atoms with Gasteiger partial charge in [0.1, 0.15) is 0 Å². The number of nitrogens with zero attached hydrogens (tertiary/aromatic N) is 2. The molecule has 2 heterocycles. The van der Waals surface area contributed by atoms with Gasteiger partial charge >= 0.3 is 0 Å². The SMILES string of the molecule is Nc1c(-c2c(Cl)cccc2Cl)oc2nc(-c3ccccc3)ncc12. The Kier molecular flexibility index (Phi) is 3.63. The van der Waals surface area contributed by atoms with Gasteiger partial charge in [-0.2, -0.15) is 4.98 Å². The molecule has 0 aliphatic rings. The van der Waals surface area contributed by atoms with E-state index >= 15 is 0 Å². The summed E-state index contributed by atoms with van der Waals surface area (Å²) >= 11 is 12.5. The highest BCUT2D eigenvalue weighted by Crippen LogP contribution is 2.42. The number of aromatic nitrogens is 2. The van der Waals surface area contributed by atoms with Crippen LogP contribution in [-0.2, 0) is 0 Å². The van der Waals surface area contributed by atoms with E-state index in [1.165, 1.54) is 0 Å². The lowest BCUT2D eigenvalue weighted by Crippen LogP contribution is -1.90. The molecule has 4 aromatic rings. The minimum absolute atomic E-state index is 0.396. The Labute approximate surface area is 147 Å². The molecule has 6 heteroatoms. The number of rotatable bonds is 2. The molecule has 4 rings (SSSR count). The average Bonchev–Trinajstić information content (AvgIpc) is 2.92. The minimum atomic E-state index is 0.396. The van der Waals surface area contributed by atoms with Gasteiger partial charge in [-0.1, -0.05) is 59.6 Å². The molecule has 0 aliphatic carbocycles. The Balaban J connectivity index is 1.92. The number of halogens is 2. The number of hydrogen-bond acceptors (Lipinski definition) is 4. The highest BCUT2D eigenvalue weighted by molar-refractivity contribution is 6.39. The van der Waals surface area contributed by atoms with Crippen molar-refractivity contribution in [3.63, 3.8) is 0 Å². The largest absolute Gasteiger partial charge is 0.435 e. The van der Waals surface area contributed by atoms with Crippen LogP contribution in [0.1, 0.15) is 0 Å². The third-order valence-corrected chi connectivity index (χ3v) is 4.34. The average molecular weight is 356 g/mol. The number of fused-ring (bicyclic) bond motifs is 1. The standard InChI is InChI=1S/C18H11Cl2N3O/c19-12-7-4-8-13(20)14(12)16-15(21)11-9-22-17(23-18(11)24-16)10-5-2-1-3-6-10/h1-9H,21H2. The molecule has 0 atom stereocenters. The van der Waals surface area contributed by atoms with Gasteiger partial charge in [0, 0.05) is 11.8 Å². The molecule has 0 fully saturated rings. The van der Waals surface area contributed by atoms with Crippen LogP contribution in [-0.4, -0.2) is 9.97 Å².